The van der Waals surface area contributed by atoms with Gasteiger partial charge in [0.15, 0.2) is 5.69 Å². The van der Waals surface area contributed by atoms with Crippen molar-refractivity contribution >= 4 is 11.9 Å². The number of esters is 1. The topological polar surface area (TPSA) is 64.4 Å². The SMILES string of the molecule is CCOC(=O)c1nn(-c2ccc(C)cc2)c2c1CN(C(=O)Cc1ccc(F)cc1)CC2. The maximum absolute atomic E-state index is 13.1. The van der Waals surface area contributed by atoms with E-state index >= 15 is 0 Å². The van der Waals surface area contributed by atoms with Crippen LogP contribution < -0.4 is 0 Å². The van der Waals surface area contributed by atoms with Crippen LogP contribution in [0.3, 0.4) is 0 Å². The Hall–Kier alpha value is -3.48. The lowest BCUT2D eigenvalue weighted by atomic mass is 10.0. The van der Waals surface area contributed by atoms with Gasteiger partial charge in [0.25, 0.3) is 0 Å². The van der Waals surface area contributed by atoms with E-state index in [0.29, 0.717) is 13.0 Å². The van der Waals surface area contributed by atoms with Crippen LogP contribution in [-0.2, 0) is 28.9 Å². The molecule has 0 N–H and O–H groups in total. The number of halogens is 1. The Kier molecular flexibility index (Phi) is 5.84. The van der Waals surface area contributed by atoms with E-state index in [4.69, 9.17) is 4.74 Å². The number of fused-ring (bicyclic) bond motifs is 1. The minimum Gasteiger partial charge on any atom is -0.461 e. The molecule has 0 saturated carbocycles. The van der Waals surface area contributed by atoms with Gasteiger partial charge in [0.1, 0.15) is 5.82 Å². The fraction of sp³-hybridized carbons (Fsp3) is 0.292. The van der Waals surface area contributed by atoms with Crippen LogP contribution in [0.1, 0.15) is 39.8 Å². The first-order chi connectivity index (χ1) is 15.0. The van der Waals surface area contributed by atoms with Crippen LogP contribution >= 0.6 is 0 Å². The van der Waals surface area contributed by atoms with Crippen molar-refractivity contribution in [3.63, 3.8) is 0 Å². The molecular formula is C24H24FN3O3. The Bertz CT molecular complexity index is 1100. The second kappa shape index (κ2) is 8.71. The molecule has 1 aliphatic heterocycles. The normalized spacial score (nSPS) is 13.1. The summed E-state index contributed by atoms with van der Waals surface area (Å²) in [5.41, 5.74) is 4.63. The highest BCUT2D eigenvalue weighted by Crippen LogP contribution is 2.27. The fourth-order valence-electron chi connectivity index (χ4n) is 3.78. The molecule has 0 bridgehead atoms. The fourth-order valence-corrected chi connectivity index (χ4v) is 3.78. The third-order valence-electron chi connectivity index (χ3n) is 5.43. The number of aromatic nitrogens is 2. The minimum absolute atomic E-state index is 0.0739. The standard InChI is InChI=1S/C24H24FN3O3/c1-3-31-24(30)23-20-15-27(22(29)14-17-6-8-18(25)9-7-17)13-12-21(20)28(26-23)19-10-4-16(2)5-11-19/h4-11H,3,12-15H2,1-2H3. The van der Waals surface area contributed by atoms with Crippen molar-refractivity contribution in [1.82, 2.24) is 14.7 Å². The zero-order chi connectivity index (χ0) is 22.0. The number of benzene rings is 2. The van der Waals surface area contributed by atoms with Gasteiger partial charge in [0.2, 0.25) is 5.91 Å². The van der Waals surface area contributed by atoms with E-state index in [1.807, 2.05) is 31.2 Å². The number of hydrogen-bond donors (Lipinski definition) is 0. The van der Waals surface area contributed by atoms with Crippen LogP contribution in [0.15, 0.2) is 48.5 Å². The van der Waals surface area contributed by atoms with Gasteiger partial charge in [0.05, 0.1) is 24.4 Å². The Morgan fingerprint density at radius 1 is 1.10 bits per heavy atom. The van der Waals surface area contributed by atoms with Gasteiger partial charge in [0, 0.05) is 25.1 Å². The second-order valence-electron chi connectivity index (χ2n) is 7.61. The average Bonchev–Trinajstić information content (AvgIpc) is 3.15. The highest BCUT2D eigenvalue weighted by Gasteiger charge is 2.31. The first-order valence-corrected chi connectivity index (χ1v) is 10.3. The van der Waals surface area contributed by atoms with Gasteiger partial charge in [-0.2, -0.15) is 5.10 Å². The molecule has 0 saturated heterocycles. The summed E-state index contributed by atoms with van der Waals surface area (Å²) in [5.74, 6) is -0.894. The predicted molar refractivity (Wildman–Crippen MR) is 113 cm³/mol. The molecule has 4 rings (SSSR count). The summed E-state index contributed by atoms with van der Waals surface area (Å²) in [7, 11) is 0. The number of aryl methyl sites for hydroxylation is 1. The van der Waals surface area contributed by atoms with Crippen molar-refractivity contribution in [2.24, 2.45) is 0 Å². The van der Waals surface area contributed by atoms with Crippen molar-refractivity contribution in [2.45, 2.75) is 33.2 Å². The molecule has 2 aromatic carbocycles. The Labute approximate surface area is 180 Å². The summed E-state index contributed by atoms with van der Waals surface area (Å²) >= 11 is 0. The van der Waals surface area contributed by atoms with Gasteiger partial charge in [-0.15, -0.1) is 0 Å². The lowest BCUT2D eigenvalue weighted by molar-refractivity contribution is -0.131. The number of amides is 1. The molecule has 1 amide bonds. The monoisotopic (exact) mass is 421 g/mol. The molecule has 1 aromatic heterocycles. The molecule has 0 spiro atoms. The van der Waals surface area contributed by atoms with Crippen molar-refractivity contribution in [3.8, 4) is 5.69 Å². The van der Waals surface area contributed by atoms with Crippen molar-refractivity contribution in [2.75, 3.05) is 13.2 Å². The van der Waals surface area contributed by atoms with Crippen LogP contribution in [0.5, 0.6) is 0 Å². The van der Waals surface area contributed by atoms with Crippen molar-refractivity contribution in [3.05, 3.63) is 82.4 Å². The summed E-state index contributed by atoms with van der Waals surface area (Å²) in [6.45, 7) is 4.82. The zero-order valence-electron chi connectivity index (χ0n) is 17.6. The molecule has 0 aliphatic carbocycles. The van der Waals surface area contributed by atoms with E-state index in [-0.39, 0.29) is 37.0 Å². The maximum Gasteiger partial charge on any atom is 0.359 e. The predicted octanol–water partition coefficient (Wildman–Crippen LogP) is 3.62. The lowest BCUT2D eigenvalue weighted by Crippen LogP contribution is -2.37. The van der Waals surface area contributed by atoms with Crippen LogP contribution in [0, 0.1) is 12.7 Å². The molecule has 0 radical (unpaired) electrons. The van der Waals surface area contributed by atoms with E-state index in [0.717, 1.165) is 28.1 Å². The van der Waals surface area contributed by atoms with Gasteiger partial charge in [-0.25, -0.2) is 13.9 Å². The molecule has 160 valence electrons. The van der Waals surface area contributed by atoms with Crippen LogP contribution in [0.2, 0.25) is 0 Å². The largest absolute Gasteiger partial charge is 0.461 e. The zero-order valence-corrected chi connectivity index (χ0v) is 17.6. The minimum atomic E-state index is -0.488. The second-order valence-corrected chi connectivity index (χ2v) is 7.61. The van der Waals surface area contributed by atoms with Gasteiger partial charge >= 0.3 is 5.97 Å². The highest BCUT2D eigenvalue weighted by molar-refractivity contribution is 5.90. The summed E-state index contributed by atoms with van der Waals surface area (Å²) < 4.78 is 20.1. The summed E-state index contributed by atoms with van der Waals surface area (Å²) in [5, 5.41) is 4.56. The number of carbonyl (C=O) groups is 2. The van der Waals surface area contributed by atoms with E-state index in [9.17, 15) is 14.0 Å². The molecule has 6 nitrogen and oxygen atoms in total. The quantitative estimate of drug-likeness (QED) is 0.591. The third kappa shape index (κ3) is 4.35. The molecule has 0 unspecified atom stereocenters. The summed E-state index contributed by atoms with van der Waals surface area (Å²) in [6.07, 6.45) is 0.751. The maximum atomic E-state index is 13.1. The molecule has 2 heterocycles. The number of rotatable bonds is 5. The van der Waals surface area contributed by atoms with E-state index in [1.165, 1.54) is 12.1 Å². The van der Waals surface area contributed by atoms with Gasteiger partial charge < -0.3 is 9.64 Å². The van der Waals surface area contributed by atoms with Crippen molar-refractivity contribution in [1.29, 1.82) is 0 Å². The number of hydrogen-bond acceptors (Lipinski definition) is 4. The Morgan fingerprint density at radius 3 is 2.48 bits per heavy atom. The van der Waals surface area contributed by atoms with Crippen LogP contribution in [-0.4, -0.2) is 39.7 Å². The van der Waals surface area contributed by atoms with Gasteiger partial charge in [-0.1, -0.05) is 29.8 Å². The third-order valence-corrected chi connectivity index (χ3v) is 5.43. The number of ether oxygens (including phenoxy) is 1. The van der Waals surface area contributed by atoms with E-state index in [1.54, 1.807) is 28.6 Å². The van der Waals surface area contributed by atoms with E-state index < -0.39 is 5.97 Å². The highest BCUT2D eigenvalue weighted by atomic mass is 19.1. The lowest BCUT2D eigenvalue weighted by Gasteiger charge is -2.28. The first-order valence-electron chi connectivity index (χ1n) is 10.3. The first kappa shape index (κ1) is 20.8. The number of carbonyl (C=O) groups excluding carboxylic acids is 2. The van der Waals surface area contributed by atoms with Crippen LogP contribution in [0.4, 0.5) is 4.39 Å². The van der Waals surface area contributed by atoms with Gasteiger partial charge in [-0.05, 0) is 43.7 Å². The molecule has 1 aliphatic rings. The molecule has 0 atom stereocenters. The van der Waals surface area contributed by atoms with Crippen LogP contribution in [0.25, 0.3) is 5.69 Å². The Morgan fingerprint density at radius 2 is 1.81 bits per heavy atom. The smallest absolute Gasteiger partial charge is 0.359 e. The molecular weight excluding hydrogens is 397 g/mol. The molecule has 0 fully saturated rings. The van der Waals surface area contributed by atoms with Crippen molar-refractivity contribution < 1.29 is 18.7 Å². The summed E-state index contributed by atoms with van der Waals surface area (Å²) in [4.78, 5) is 27.2. The van der Waals surface area contributed by atoms with E-state index in [2.05, 4.69) is 5.10 Å². The Balaban J connectivity index is 1.63. The molecule has 7 heteroatoms. The van der Waals surface area contributed by atoms with Gasteiger partial charge in [-0.3, -0.25) is 4.79 Å². The molecule has 3 aromatic rings. The molecule has 31 heavy (non-hydrogen) atoms. The number of nitrogens with zero attached hydrogens (tertiary/aromatic N) is 3. The average molecular weight is 421 g/mol. The summed E-state index contributed by atoms with van der Waals surface area (Å²) in [6, 6.07) is 13.8.